The van der Waals surface area contributed by atoms with E-state index in [9.17, 15) is 0 Å². The first kappa shape index (κ1) is 15.8. The summed E-state index contributed by atoms with van der Waals surface area (Å²) in [5.41, 5.74) is 3.23. The highest BCUT2D eigenvalue weighted by Gasteiger charge is 2.27. The largest absolute Gasteiger partial charge is 0.496 e. The van der Waals surface area contributed by atoms with Crippen molar-refractivity contribution in [3.05, 3.63) is 66.7 Å². The summed E-state index contributed by atoms with van der Waals surface area (Å²) in [5.74, 6) is 1.78. The van der Waals surface area contributed by atoms with Gasteiger partial charge in [0.2, 0.25) is 5.95 Å². The van der Waals surface area contributed by atoms with Crippen molar-refractivity contribution in [1.82, 2.24) is 29.3 Å². The predicted molar refractivity (Wildman–Crippen MR) is 101 cm³/mol. The number of imidazole rings is 1. The van der Waals surface area contributed by atoms with E-state index < -0.39 is 0 Å². The molecule has 2 aromatic carbocycles. The van der Waals surface area contributed by atoms with Gasteiger partial charge in [0, 0.05) is 12.1 Å². The summed E-state index contributed by atoms with van der Waals surface area (Å²) in [6.07, 6.45) is 3.38. The number of rotatable bonds is 4. The number of aromatic nitrogens is 5. The molecule has 0 spiro atoms. The van der Waals surface area contributed by atoms with E-state index in [1.54, 1.807) is 19.8 Å². The lowest BCUT2D eigenvalue weighted by Crippen LogP contribution is -2.46. The van der Waals surface area contributed by atoms with Crippen LogP contribution in [0.4, 0.5) is 5.95 Å². The van der Waals surface area contributed by atoms with Crippen LogP contribution in [0.1, 0.15) is 5.56 Å². The fourth-order valence-corrected chi connectivity index (χ4v) is 3.57. The first-order valence-corrected chi connectivity index (χ1v) is 8.75. The van der Waals surface area contributed by atoms with Gasteiger partial charge in [0.1, 0.15) is 18.4 Å². The van der Waals surface area contributed by atoms with E-state index in [4.69, 9.17) is 9.72 Å². The van der Waals surface area contributed by atoms with Gasteiger partial charge in [-0.25, -0.2) is 14.7 Å². The SMILES string of the molecule is COc1ccccc1CN1CN(n2cnnc2)c2nc3ccccc3n2C1. The van der Waals surface area contributed by atoms with Crippen molar-refractivity contribution in [3.63, 3.8) is 0 Å². The maximum Gasteiger partial charge on any atom is 0.228 e. The molecule has 136 valence electrons. The van der Waals surface area contributed by atoms with Crippen LogP contribution in [0.5, 0.6) is 5.75 Å². The zero-order valence-electron chi connectivity index (χ0n) is 14.9. The fraction of sp³-hybridized carbons (Fsp3) is 0.211. The molecule has 1 aliphatic heterocycles. The van der Waals surface area contributed by atoms with Gasteiger partial charge in [0.25, 0.3) is 0 Å². The van der Waals surface area contributed by atoms with Crippen molar-refractivity contribution in [3.8, 4) is 5.75 Å². The molecule has 0 fully saturated rings. The molecule has 0 saturated carbocycles. The van der Waals surface area contributed by atoms with Crippen LogP contribution in [0.25, 0.3) is 11.0 Å². The summed E-state index contributed by atoms with van der Waals surface area (Å²) in [6.45, 7) is 2.17. The number of fused-ring (bicyclic) bond motifs is 3. The van der Waals surface area contributed by atoms with E-state index in [0.717, 1.165) is 41.5 Å². The van der Waals surface area contributed by atoms with Gasteiger partial charge < -0.3 is 4.74 Å². The average Bonchev–Trinajstić information content (AvgIpc) is 3.36. The molecule has 0 atom stereocenters. The molecule has 0 aliphatic carbocycles. The fourth-order valence-electron chi connectivity index (χ4n) is 3.57. The number of ether oxygens (including phenoxy) is 1. The Labute approximate surface area is 156 Å². The second kappa shape index (κ2) is 6.40. The summed E-state index contributed by atoms with van der Waals surface area (Å²) in [6, 6.07) is 16.3. The molecule has 8 heteroatoms. The molecule has 5 rings (SSSR count). The lowest BCUT2D eigenvalue weighted by atomic mass is 10.2. The van der Waals surface area contributed by atoms with Crippen molar-refractivity contribution in [1.29, 1.82) is 0 Å². The molecule has 3 heterocycles. The van der Waals surface area contributed by atoms with Gasteiger partial charge in [-0.3, -0.25) is 9.47 Å². The van der Waals surface area contributed by atoms with Crippen molar-refractivity contribution in [2.24, 2.45) is 0 Å². The average molecular weight is 361 g/mol. The van der Waals surface area contributed by atoms with Gasteiger partial charge in [0.05, 0.1) is 31.5 Å². The van der Waals surface area contributed by atoms with Crippen LogP contribution >= 0.6 is 0 Å². The molecule has 0 unspecified atom stereocenters. The molecule has 0 amide bonds. The molecular formula is C19H19N7O. The van der Waals surface area contributed by atoms with Crippen LogP contribution in [0.3, 0.4) is 0 Å². The summed E-state index contributed by atoms with van der Waals surface area (Å²) in [7, 11) is 1.71. The molecule has 4 aromatic rings. The minimum atomic E-state index is 0.666. The number of anilines is 1. The van der Waals surface area contributed by atoms with E-state index in [1.807, 2.05) is 41.1 Å². The highest BCUT2D eigenvalue weighted by atomic mass is 16.5. The Morgan fingerprint density at radius 2 is 1.74 bits per heavy atom. The quantitative estimate of drug-likeness (QED) is 0.556. The molecule has 2 aromatic heterocycles. The van der Waals surface area contributed by atoms with E-state index in [0.29, 0.717) is 6.67 Å². The second-order valence-corrected chi connectivity index (χ2v) is 6.49. The third-order valence-electron chi connectivity index (χ3n) is 4.81. The van der Waals surface area contributed by atoms with E-state index in [1.165, 1.54) is 0 Å². The predicted octanol–water partition coefficient (Wildman–Crippen LogP) is 2.34. The van der Waals surface area contributed by atoms with Gasteiger partial charge in [-0.1, -0.05) is 30.3 Å². The molecule has 1 aliphatic rings. The Kier molecular flexibility index (Phi) is 3.75. The number of methoxy groups -OCH3 is 1. The molecule has 0 bridgehead atoms. The molecular weight excluding hydrogens is 342 g/mol. The van der Waals surface area contributed by atoms with E-state index in [-0.39, 0.29) is 0 Å². The van der Waals surface area contributed by atoms with Crippen molar-refractivity contribution in [2.75, 3.05) is 18.8 Å². The smallest absolute Gasteiger partial charge is 0.228 e. The van der Waals surface area contributed by atoms with Gasteiger partial charge >= 0.3 is 0 Å². The van der Waals surface area contributed by atoms with Crippen LogP contribution in [0, 0.1) is 0 Å². The monoisotopic (exact) mass is 361 g/mol. The summed E-state index contributed by atoms with van der Waals surface area (Å²) < 4.78 is 9.61. The van der Waals surface area contributed by atoms with E-state index in [2.05, 4.69) is 36.8 Å². The van der Waals surface area contributed by atoms with Crippen LogP contribution in [0.2, 0.25) is 0 Å². The summed E-state index contributed by atoms with van der Waals surface area (Å²) in [4.78, 5) is 7.16. The third kappa shape index (κ3) is 2.70. The molecule has 0 radical (unpaired) electrons. The van der Waals surface area contributed by atoms with Crippen molar-refractivity contribution >= 4 is 17.0 Å². The lowest BCUT2D eigenvalue weighted by molar-refractivity contribution is 0.181. The zero-order valence-corrected chi connectivity index (χ0v) is 14.9. The number of nitrogens with zero attached hydrogens (tertiary/aromatic N) is 7. The highest BCUT2D eigenvalue weighted by molar-refractivity contribution is 5.79. The molecule has 0 saturated heterocycles. The normalized spacial score (nSPS) is 14.5. The minimum Gasteiger partial charge on any atom is -0.496 e. The molecule has 8 nitrogen and oxygen atoms in total. The Balaban J connectivity index is 1.56. The number of benzene rings is 2. The lowest BCUT2D eigenvalue weighted by Gasteiger charge is -2.36. The molecule has 27 heavy (non-hydrogen) atoms. The van der Waals surface area contributed by atoms with Gasteiger partial charge in [0.15, 0.2) is 0 Å². The van der Waals surface area contributed by atoms with Gasteiger partial charge in [-0.2, -0.15) is 0 Å². The second-order valence-electron chi connectivity index (χ2n) is 6.49. The standard InChI is InChI=1S/C19H19N7O/c1-27-18-9-5-2-6-15(18)10-23-13-25-17-8-4-3-7-16(17)22-19(25)26(14-23)24-11-20-21-12-24/h2-9,11-12H,10,13-14H2,1H3. The Morgan fingerprint density at radius 3 is 2.59 bits per heavy atom. The van der Waals surface area contributed by atoms with Gasteiger partial charge in [-0.15, -0.1) is 10.2 Å². The highest BCUT2D eigenvalue weighted by Crippen LogP contribution is 2.29. The zero-order chi connectivity index (χ0) is 18.2. The van der Waals surface area contributed by atoms with Crippen LogP contribution in [-0.4, -0.2) is 43.1 Å². The van der Waals surface area contributed by atoms with Crippen molar-refractivity contribution < 1.29 is 4.74 Å². The number of para-hydroxylation sites is 3. The maximum atomic E-state index is 5.53. The topological polar surface area (TPSA) is 64.2 Å². The Hall–Kier alpha value is -3.39. The first-order valence-electron chi connectivity index (χ1n) is 8.75. The third-order valence-corrected chi connectivity index (χ3v) is 4.81. The van der Waals surface area contributed by atoms with Crippen LogP contribution < -0.4 is 9.75 Å². The first-order chi connectivity index (χ1) is 13.3. The maximum absolute atomic E-state index is 5.53. The van der Waals surface area contributed by atoms with Crippen LogP contribution in [-0.2, 0) is 13.2 Å². The Bertz CT molecular complexity index is 1070. The summed E-state index contributed by atoms with van der Waals surface area (Å²) in [5, 5.41) is 9.98. The molecule has 0 N–H and O–H groups in total. The van der Waals surface area contributed by atoms with Crippen molar-refractivity contribution in [2.45, 2.75) is 13.2 Å². The Morgan fingerprint density at radius 1 is 0.963 bits per heavy atom. The van der Waals surface area contributed by atoms with E-state index >= 15 is 0 Å². The van der Waals surface area contributed by atoms with Gasteiger partial charge in [-0.05, 0) is 18.2 Å². The van der Waals surface area contributed by atoms with Crippen LogP contribution in [0.15, 0.2) is 61.2 Å². The number of hydrogen-bond donors (Lipinski definition) is 0. The summed E-state index contributed by atoms with van der Waals surface area (Å²) >= 11 is 0. The minimum absolute atomic E-state index is 0.666. The number of hydrogen-bond acceptors (Lipinski definition) is 6.